The van der Waals surface area contributed by atoms with Crippen molar-refractivity contribution < 1.29 is 4.39 Å². The summed E-state index contributed by atoms with van der Waals surface area (Å²) in [6.45, 7) is 3.64. The van der Waals surface area contributed by atoms with Crippen LogP contribution >= 0.6 is 0 Å². The van der Waals surface area contributed by atoms with Gasteiger partial charge < -0.3 is 0 Å². The monoisotopic (exact) mass is 152 g/mol. The van der Waals surface area contributed by atoms with E-state index in [1.807, 2.05) is 13.0 Å². The minimum atomic E-state index is -0.116. The molecule has 0 atom stereocenters. The van der Waals surface area contributed by atoms with E-state index in [0.717, 1.165) is 5.56 Å². The van der Waals surface area contributed by atoms with Crippen LogP contribution in [0.1, 0.15) is 11.1 Å². The summed E-state index contributed by atoms with van der Waals surface area (Å²) >= 11 is 0. The molecule has 58 valence electrons. The van der Waals surface area contributed by atoms with Crippen LogP contribution in [0.4, 0.5) is 4.39 Å². The third kappa shape index (κ3) is 2.76. The lowest BCUT2D eigenvalue weighted by atomic mass is 10.2. The van der Waals surface area contributed by atoms with E-state index >= 15 is 0 Å². The number of hydrogen-bond donors (Lipinski definition) is 0. The molecule has 1 aromatic carbocycles. The van der Waals surface area contributed by atoms with Crippen LogP contribution < -0.4 is 0 Å². The van der Waals surface area contributed by atoms with Gasteiger partial charge in [0.1, 0.15) is 5.82 Å². The fourth-order valence-electron chi connectivity index (χ4n) is 0.698. The van der Waals surface area contributed by atoms with Crippen molar-refractivity contribution in [2.24, 2.45) is 0 Å². The minimum Gasteiger partial charge on any atom is -0.207 e. The van der Waals surface area contributed by atoms with Gasteiger partial charge in [0.05, 0.1) is 0 Å². The van der Waals surface area contributed by atoms with E-state index in [1.54, 1.807) is 13.0 Å². The van der Waals surface area contributed by atoms with E-state index < -0.39 is 0 Å². The number of rotatable bonds is 0. The van der Waals surface area contributed by atoms with Gasteiger partial charge in [-0.3, -0.25) is 0 Å². The average Bonchev–Trinajstić information content (AvgIpc) is 2.02. The van der Waals surface area contributed by atoms with Gasteiger partial charge in [0.25, 0.3) is 0 Å². The number of nitrogens with zero attached hydrogens (tertiary/aromatic N) is 2. The Morgan fingerprint density at radius 2 is 1.73 bits per heavy atom. The molecule has 0 saturated carbocycles. The van der Waals surface area contributed by atoms with Gasteiger partial charge in [0, 0.05) is 10.8 Å². The van der Waals surface area contributed by atoms with Crippen molar-refractivity contribution in [1.29, 1.82) is 10.8 Å². The van der Waals surface area contributed by atoms with Crippen LogP contribution in [0.25, 0.3) is 0 Å². The van der Waals surface area contributed by atoms with Crippen LogP contribution in [0.5, 0.6) is 0 Å². The molecule has 0 aliphatic heterocycles. The van der Waals surface area contributed by atoms with Gasteiger partial charge in [0.15, 0.2) is 0 Å². The maximum Gasteiger partial charge on any atom is 0.126 e. The highest BCUT2D eigenvalue weighted by molar-refractivity contribution is 5.21. The van der Waals surface area contributed by atoms with Gasteiger partial charge in [-0.05, 0) is 31.0 Å². The summed E-state index contributed by atoms with van der Waals surface area (Å²) in [5.74, 6) is -0.116. The first-order chi connectivity index (χ1) is 5.20. The van der Waals surface area contributed by atoms with Gasteiger partial charge in [-0.2, -0.15) is 0 Å². The molecule has 11 heavy (non-hydrogen) atoms. The lowest BCUT2D eigenvalue weighted by molar-refractivity contribution is 0.617. The van der Waals surface area contributed by atoms with Gasteiger partial charge in [0.2, 0.25) is 0 Å². The second-order valence-corrected chi connectivity index (χ2v) is 2.25. The van der Waals surface area contributed by atoms with Crippen molar-refractivity contribution in [2.45, 2.75) is 13.8 Å². The zero-order chi connectivity index (χ0) is 8.85. The number of hydrogen-bond acceptors (Lipinski definition) is 2. The molecule has 2 nitrogen and oxygen atoms in total. The summed E-state index contributed by atoms with van der Waals surface area (Å²) in [4.78, 5) is 0. The Kier molecular flexibility index (Phi) is 3.82. The topological polar surface area (TPSA) is 47.6 Å². The molecular weight excluding hydrogens is 143 g/mol. The molecule has 0 N–H and O–H groups in total. The fourth-order valence-corrected chi connectivity index (χ4v) is 0.698. The van der Waals surface area contributed by atoms with Gasteiger partial charge >= 0.3 is 0 Å². The number of benzene rings is 1. The van der Waals surface area contributed by atoms with Gasteiger partial charge in [-0.1, -0.05) is 12.1 Å². The summed E-state index contributed by atoms with van der Waals surface area (Å²) in [5.41, 5.74) is 1.68. The van der Waals surface area contributed by atoms with Gasteiger partial charge in [-0.25, -0.2) is 4.39 Å². The first-order valence-corrected chi connectivity index (χ1v) is 3.13. The molecule has 0 radical (unpaired) electrons. The smallest absolute Gasteiger partial charge is 0.126 e. The zero-order valence-electron chi connectivity index (χ0n) is 6.50. The van der Waals surface area contributed by atoms with Crippen molar-refractivity contribution in [3.05, 3.63) is 35.1 Å². The summed E-state index contributed by atoms with van der Waals surface area (Å²) in [7, 11) is 0. The van der Waals surface area contributed by atoms with E-state index in [2.05, 4.69) is 0 Å². The summed E-state index contributed by atoms with van der Waals surface area (Å²) in [6.07, 6.45) is 0. The molecule has 0 amide bonds. The highest BCUT2D eigenvalue weighted by Gasteiger charge is 1.93. The van der Waals surface area contributed by atoms with Crippen LogP contribution in [0.3, 0.4) is 0 Å². The first-order valence-electron chi connectivity index (χ1n) is 3.13. The predicted molar refractivity (Wildman–Crippen MR) is 39.3 cm³/mol. The molecule has 1 aromatic rings. The third-order valence-corrected chi connectivity index (χ3v) is 1.33. The van der Waals surface area contributed by atoms with Gasteiger partial charge in [-0.15, -0.1) is 0 Å². The SMILES string of the molecule is Cc1ccc(C)c(F)c1.N#N. The molecule has 0 unspecified atom stereocenters. The van der Waals surface area contributed by atoms with Crippen LogP contribution in [0.2, 0.25) is 0 Å². The minimum absolute atomic E-state index is 0.116. The maximum absolute atomic E-state index is 12.6. The largest absolute Gasteiger partial charge is 0.207 e. The van der Waals surface area contributed by atoms with Crippen molar-refractivity contribution >= 4 is 0 Å². The summed E-state index contributed by atoms with van der Waals surface area (Å²) in [5, 5.41) is 12.0. The van der Waals surface area contributed by atoms with E-state index in [1.165, 1.54) is 6.07 Å². The molecule has 1 rings (SSSR count). The highest BCUT2D eigenvalue weighted by atomic mass is 19.1. The van der Waals surface area contributed by atoms with Crippen molar-refractivity contribution in [2.75, 3.05) is 0 Å². The zero-order valence-corrected chi connectivity index (χ0v) is 6.50. The van der Waals surface area contributed by atoms with Crippen LogP contribution in [0.15, 0.2) is 18.2 Å². The fraction of sp³-hybridized carbons (Fsp3) is 0.250. The maximum atomic E-state index is 12.6. The Bertz CT molecular complexity index is 256. The van der Waals surface area contributed by atoms with Crippen molar-refractivity contribution in [1.82, 2.24) is 0 Å². The van der Waals surface area contributed by atoms with Crippen LogP contribution in [0, 0.1) is 30.5 Å². The normalized spacial score (nSPS) is 8.09. The van der Waals surface area contributed by atoms with Crippen LogP contribution in [-0.2, 0) is 0 Å². The molecular formula is C8H9FN2. The Morgan fingerprint density at radius 1 is 1.18 bits per heavy atom. The summed E-state index contributed by atoms with van der Waals surface area (Å²) in [6, 6.07) is 5.22. The second kappa shape index (κ2) is 4.40. The second-order valence-electron chi connectivity index (χ2n) is 2.25. The average molecular weight is 152 g/mol. The quantitative estimate of drug-likeness (QED) is 0.536. The molecule has 0 aliphatic carbocycles. The molecule has 0 saturated heterocycles. The lowest BCUT2D eigenvalue weighted by Gasteiger charge is -1.94. The molecule has 0 aliphatic rings. The van der Waals surface area contributed by atoms with E-state index in [-0.39, 0.29) is 5.82 Å². The Hall–Kier alpha value is -1.43. The summed E-state index contributed by atoms with van der Waals surface area (Å²) < 4.78 is 12.6. The molecule has 0 fully saturated rings. The number of halogens is 1. The predicted octanol–water partition coefficient (Wildman–Crippen LogP) is 2.47. The van der Waals surface area contributed by atoms with E-state index in [9.17, 15) is 4.39 Å². The molecule has 3 heteroatoms. The van der Waals surface area contributed by atoms with Crippen LogP contribution in [-0.4, -0.2) is 0 Å². The first kappa shape index (κ1) is 9.57. The third-order valence-electron chi connectivity index (χ3n) is 1.33. The van der Waals surface area contributed by atoms with E-state index in [0.29, 0.717) is 5.56 Å². The van der Waals surface area contributed by atoms with Crippen molar-refractivity contribution in [3.8, 4) is 0 Å². The molecule has 0 aromatic heterocycles. The van der Waals surface area contributed by atoms with Crippen molar-refractivity contribution in [3.63, 3.8) is 0 Å². The Morgan fingerprint density at radius 3 is 2.09 bits per heavy atom. The molecule has 0 bridgehead atoms. The van der Waals surface area contributed by atoms with E-state index in [4.69, 9.17) is 10.8 Å². The Labute approximate surface area is 65.1 Å². The highest BCUT2D eigenvalue weighted by Crippen LogP contribution is 2.06. The molecule has 0 heterocycles. The molecule has 0 spiro atoms. The number of aryl methyl sites for hydroxylation is 2. The lowest BCUT2D eigenvalue weighted by Crippen LogP contribution is -1.81. The standard InChI is InChI=1S/C8H9F.N2/c1-6-3-4-7(2)8(9)5-6;1-2/h3-5H,1-2H3;. The Balaban J connectivity index is 0.000000461.